The van der Waals surface area contributed by atoms with Crippen LogP contribution in [0.15, 0.2) is 30.6 Å². The van der Waals surface area contributed by atoms with E-state index in [-0.39, 0.29) is 18.0 Å². The molecular formula is C11H12N4O4S. The predicted molar refractivity (Wildman–Crippen MR) is 74.9 cm³/mol. The molecule has 0 bridgehead atoms. The van der Waals surface area contributed by atoms with E-state index in [1.807, 2.05) is 0 Å². The smallest absolute Gasteiger partial charge is 0.277 e. The Morgan fingerprint density at radius 2 is 2.05 bits per heavy atom. The third kappa shape index (κ3) is 3.19. The van der Waals surface area contributed by atoms with Crippen LogP contribution in [0.3, 0.4) is 0 Å². The van der Waals surface area contributed by atoms with Crippen molar-refractivity contribution in [1.29, 1.82) is 0 Å². The summed E-state index contributed by atoms with van der Waals surface area (Å²) in [5.41, 5.74) is 0.543. The van der Waals surface area contributed by atoms with Crippen LogP contribution in [0.4, 0.5) is 11.4 Å². The van der Waals surface area contributed by atoms with Crippen molar-refractivity contribution >= 4 is 32.2 Å². The zero-order valence-electron chi connectivity index (χ0n) is 10.3. The second-order valence-corrected chi connectivity index (χ2v) is 5.84. The number of nitro groups is 1. The lowest BCUT2D eigenvalue weighted by atomic mass is 10.1. The molecule has 0 radical (unpaired) electrons. The van der Waals surface area contributed by atoms with Gasteiger partial charge in [0.1, 0.15) is 0 Å². The van der Waals surface area contributed by atoms with Gasteiger partial charge in [0.15, 0.2) is 0 Å². The number of sulfonamides is 1. The van der Waals surface area contributed by atoms with Crippen LogP contribution in [-0.4, -0.2) is 30.6 Å². The molecule has 1 heterocycles. The van der Waals surface area contributed by atoms with Crippen LogP contribution in [0.1, 0.15) is 0 Å². The van der Waals surface area contributed by atoms with Crippen molar-refractivity contribution in [2.75, 3.05) is 17.6 Å². The Bertz CT molecular complexity index is 760. The van der Waals surface area contributed by atoms with Gasteiger partial charge in [0.25, 0.3) is 5.69 Å². The maximum Gasteiger partial charge on any atom is 0.277 e. The van der Waals surface area contributed by atoms with Crippen LogP contribution in [0, 0.1) is 10.1 Å². The Morgan fingerprint density at radius 3 is 2.70 bits per heavy atom. The first kappa shape index (κ1) is 14.2. The number of nitrogens with two attached hydrogens (primary N) is 1. The fourth-order valence-electron chi connectivity index (χ4n) is 1.82. The highest BCUT2D eigenvalue weighted by atomic mass is 32.2. The number of fused-ring (bicyclic) bond motifs is 1. The molecule has 106 valence electrons. The number of nitrogens with zero attached hydrogens (tertiary/aromatic N) is 2. The van der Waals surface area contributed by atoms with Gasteiger partial charge in [-0.25, -0.2) is 13.6 Å². The Kier molecular flexibility index (Phi) is 3.81. The first-order valence-corrected chi connectivity index (χ1v) is 7.35. The predicted octanol–water partition coefficient (Wildman–Crippen LogP) is 0.843. The molecule has 0 unspecified atom stereocenters. The van der Waals surface area contributed by atoms with E-state index in [9.17, 15) is 18.5 Å². The molecule has 2 rings (SSSR count). The van der Waals surface area contributed by atoms with Crippen molar-refractivity contribution in [3.63, 3.8) is 0 Å². The normalized spacial score (nSPS) is 11.4. The molecule has 0 amide bonds. The number of primary sulfonamides is 1. The zero-order chi connectivity index (χ0) is 14.8. The fourth-order valence-corrected chi connectivity index (χ4v) is 2.20. The summed E-state index contributed by atoms with van der Waals surface area (Å²) in [5, 5.41) is 19.7. The van der Waals surface area contributed by atoms with E-state index in [1.54, 1.807) is 6.07 Å². The molecule has 8 nitrogen and oxygen atoms in total. The summed E-state index contributed by atoms with van der Waals surface area (Å²) in [6, 6.07) is 4.42. The fraction of sp³-hybridized carbons (Fsp3) is 0.182. The number of pyridine rings is 1. The Balaban J connectivity index is 2.36. The molecule has 9 heteroatoms. The number of benzene rings is 1. The van der Waals surface area contributed by atoms with Gasteiger partial charge in [-0.3, -0.25) is 15.1 Å². The summed E-state index contributed by atoms with van der Waals surface area (Å²) in [4.78, 5) is 14.4. The van der Waals surface area contributed by atoms with Crippen LogP contribution in [0.5, 0.6) is 0 Å². The van der Waals surface area contributed by atoms with Gasteiger partial charge in [-0.05, 0) is 12.1 Å². The number of non-ortho nitro benzene ring substituents is 1. The summed E-state index contributed by atoms with van der Waals surface area (Å²) in [5.74, 6) is -0.230. The Morgan fingerprint density at radius 1 is 1.30 bits per heavy atom. The van der Waals surface area contributed by atoms with E-state index >= 15 is 0 Å². The maximum absolute atomic E-state index is 10.9. The van der Waals surface area contributed by atoms with Crippen molar-refractivity contribution in [1.82, 2.24) is 4.98 Å². The lowest BCUT2D eigenvalue weighted by molar-refractivity contribution is -0.383. The molecule has 0 atom stereocenters. The van der Waals surface area contributed by atoms with Crippen LogP contribution in [-0.2, 0) is 10.0 Å². The van der Waals surface area contributed by atoms with Crippen molar-refractivity contribution in [2.45, 2.75) is 0 Å². The number of rotatable bonds is 5. The quantitative estimate of drug-likeness (QED) is 0.621. The van der Waals surface area contributed by atoms with Crippen LogP contribution in [0.2, 0.25) is 0 Å². The molecular weight excluding hydrogens is 284 g/mol. The average Bonchev–Trinajstić information content (AvgIpc) is 2.37. The lowest BCUT2D eigenvalue weighted by Crippen LogP contribution is -2.22. The van der Waals surface area contributed by atoms with E-state index in [1.165, 1.54) is 24.5 Å². The second-order valence-electron chi connectivity index (χ2n) is 4.10. The molecule has 1 aromatic carbocycles. The van der Waals surface area contributed by atoms with Gasteiger partial charge in [0.2, 0.25) is 10.0 Å². The summed E-state index contributed by atoms with van der Waals surface area (Å²) in [6.07, 6.45) is 2.95. The largest absolute Gasteiger partial charge is 0.383 e. The van der Waals surface area contributed by atoms with Gasteiger partial charge < -0.3 is 5.32 Å². The van der Waals surface area contributed by atoms with Gasteiger partial charge in [0, 0.05) is 36.1 Å². The van der Waals surface area contributed by atoms with E-state index in [4.69, 9.17) is 5.14 Å². The number of nitrogens with one attached hydrogen (secondary N) is 1. The molecule has 0 spiro atoms. The highest BCUT2D eigenvalue weighted by Gasteiger charge is 2.14. The van der Waals surface area contributed by atoms with Crippen LogP contribution in [0.25, 0.3) is 10.8 Å². The van der Waals surface area contributed by atoms with Crippen molar-refractivity contribution in [3.05, 3.63) is 40.7 Å². The van der Waals surface area contributed by atoms with Gasteiger partial charge in [-0.2, -0.15) is 0 Å². The minimum Gasteiger partial charge on any atom is -0.383 e. The van der Waals surface area contributed by atoms with E-state index in [0.29, 0.717) is 16.5 Å². The summed E-state index contributed by atoms with van der Waals surface area (Å²) >= 11 is 0. The third-order valence-electron chi connectivity index (χ3n) is 2.69. The van der Waals surface area contributed by atoms with Gasteiger partial charge in [-0.15, -0.1) is 0 Å². The molecule has 0 aliphatic heterocycles. The first-order valence-electron chi connectivity index (χ1n) is 5.64. The number of aromatic nitrogens is 1. The Hall–Kier alpha value is -2.26. The van der Waals surface area contributed by atoms with E-state index in [0.717, 1.165) is 0 Å². The highest BCUT2D eigenvalue weighted by Crippen LogP contribution is 2.30. The molecule has 0 aliphatic rings. The first-order chi connectivity index (χ1) is 9.38. The van der Waals surface area contributed by atoms with Gasteiger partial charge >= 0.3 is 0 Å². The average molecular weight is 296 g/mol. The van der Waals surface area contributed by atoms with Crippen molar-refractivity contribution in [3.8, 4) is 0 Å². The molecule has 1 aromatic heterocycles. The molecule has 0 aliphatic carbocycles. The number of nitro benzene ring substituents is 1. The monoisotopic (exact) mass is 296 g/mol. The van der Waals surface area contributed by atoms with E-state index in [2.05, 4.69) is 10.3 Å². The SMILES string of the molecule is NS(=O)(=O)CCNc1ccc([N+](=O)[O-])c2ccncc12. The zero-order valence-corrected chi connectivity index (χ0v) is 11.1. The molecule has 0 saturated heterocycles. The maximum atomic E-state index is 10.9. The highest BCUT2D eigenvalue weighted by molar-refractivity contribution is 7.89. The minimum absolute atomic E-state index is 0.0283. The molecule has 0 fully saturated rings. The lowest BCUT2D eigenvalue weighted by Gasteiger charge is -2.09. The van der Waals surface area contributed by atoms with Gasteiger partial charge in [0.05, 0.1) is 16.1 Å². The number of hydrogen-bond acceptors (Lipinski definition) is 6. The van der Waals surface area contributed by atoms with Crippen molar-refractivity contribution < 1.29 is 13.3 Å². The second kappa shape index (κ2) is 5.39. The molecule has 20 heavy (non-hydrogen) atoms. The molecule has 2 aromatic rings. The summed E-state index contributed by atoms with van der Waals surface area (Å²) < 4.78 is 21.7. The van der Waals surface area contributed by atoms with Crippen LogP contribution < -0.4 is 10.5 Å². The van der Waals surface area contributed by atoms with Crippen LogP contribution >= 0.6 is 0 Å². The molecule has 0 saturated carbocycles. The number of anilines is 1. The summed E-state index contributed by atoms with van der Waals surface area (Å²) in [7, 11) is -3.56. The van der Waals surface area contributed by atoms with Crippen molar-refractivity contribution in [2.24, 2.45) is 5.14 Å². The third-order valence-corrected chi connectivity index (χ3v) is 3.47. The van der Waals surface area contributed by atoms with E-state index < -0.39 is 14.9 Å². The standard InChI is InChI=1S/C11H12N4O4S/c12-20(18,19)6-5-14-10-1-2-11(15(16)17)8-3-4-13-7-9(8)10/h1-4,7,14H,5-6H2,(H2,12,18,19). The topological polar surface area (TPSA) is 128 Å². The molecule has 3 N–H and O–H groups in total. The Labute approximate surface area is 114 Å². The number of hydrogen-bond donors (Lipinski definition) is 2. The minimum atomic E-state index is -3.56. The van der Waals surface area contributed by atoms with Gasteiger partial charge in [-0.1, -0.05) is 0 Å². The summed E-state index contributed by atoms with van der Waals surface area (Å²) in [6.45, 7) is 0.112.